The molecule has 1 N–H and O–H groups in total. The summed E-state index contributed by atoms with van der Waals surface area (Å²) in [5.41, 5.74) is 1.33. The van der Waals surface area contributed by atoms with Gasteiger partial charge in [-0.05, 0) is 30.7 Å². The smallest absolute Gasteiger partial charge is 0.162 e. The van der Waals surface area contributed by atoms with Gasteiger partial charge in [-0.1, -0.05) is 11.6 Å². The highest BCUT2D eigenvalue weighted by molar-refractivity contribution is 14.1. The molecular weight excluding hydrogens is 548 g/mol. The van der Waals surface area contributed by atoms with Crippen LogP contribution in [0.1, 0.15) is 6.42 Å². The second kappa shape index (κ2) is 10.8. The Morgan fingerprint density at radius 2 is 1.94 bits per heavy atom. The minimum Gasteiger partial charge on any atom is -0.493 e. The van der Waals surface area contributed by atoms with Crippen LogP contribution in [0.25, 0.3) is 10.9 Å². The third-order valence-corrected chi connectivity index (χ3v) is 6.55. The summed E-state index contributed by atoms with van der Waals surface area (Å²) < 4.78 is 27.4. The van der Waals surface area contributed by atoms with Crippen molar-refractivity contribution in [2.45, 2.75) is 6.42 Å². The Morgan fingerprint density at radius 1 is 1.12 bits per heavy atom. The Bertz CT molecular complexity index is 1080. The van der Waals surface area contributed by atoms with Crippen LogP contribution in [0, 0.1) is 5.82 Å². The first-order valence-corrected chi connectivity index (χ1v) is 11.7. The lowest BCUT2D eigenvalue weighted by molar-refractivity contribution is 0.187. The lowest BCUT2D eigenvalue weighted by Crippen LogP contribution is -2.42. The van der Waals surface area contributed by atoms with Gasteiger partial charge in [0.05, 0.1) is 24.3 Å². The summed E-state index contributed by atoms with van der Waals surface area (Å²) in [6.07, 6.45) is 2.39. The number of anilines is 2. The number of nitrogens with one attached hydrogen (secondary N) is 1. The summed E-state index contributed by atoms with van der Waals surface area (Å²) in [4.78, 5) is 11.2. The van der Waals surface area contributed by atoms with Crippen LogP contribution in [0.2, 0.25) is 5.02 Å². The molecule has 10 heteroatoms. The fraction of sp³-hybridized carbons (Fsp3) is 0.364. The summed E-state index contributed by atoms with van der Waals surface area (Å²) in [6, 6.07) is 8.13. The molecule has 170 valence electrons. The van der Waals surface area contributed by atoms with Gasteiger partial charge in [-0.15, -0.1) is 0 Å². The van der Waals surface area contributed by atoms with Crippen LogP contribution in [0.3, 0.4) is 0 Å². The Kier molecular flexibility index (Phi) is 7.82. The van der Waals surface area contributed by atoms with Gasteiger partial charge in [0.25, 0.3) is 0 Å². The Balaban J connectivity index is 1.48. The van der Waals surface area contributed by atoms with Crippen molar-refractivity contribution in [2.75, 3.05) is 51.8 Å². The number of hydrogen-bond acceptors (Lipinski definition) is 7. The average molecular weight is 572 g/mol. The molecule has 0 aliphatic carbocycles. The zero-order chi connectivity index (χ0) is 22.5. The van der Waals surface area contributed by atoms with E-state index in [2.05, 4.69) is 46.2 Å². The summed E-state index contributed by atoms with van der Waals surface area (Å²) in [5.74, 6) is 1.35. The molecule has 2 aromatic carbocycles. The quantitative estimate of drug-likeness (QED) is 0.234. The largest absolute Gasteiger partial charge is 0.493 e. The number of aromatic nitrogens is 2. The highest BCUT2D eigenvalue weighted by Crippen LogP contribution is 2.35. The third kappa shape index (κ3) is 5.69. The van der Waals surface area contributed by atoms with Gasteiger partial charge in [0.1, 0.15) is 18.0 Å². The maximum absolute atomic E-state index is 13.5. The molecule has 4 rings (SSSR count). The number of benzene rings is 2. The first kappa shape index (κ1) is 23.2. The third-order valence-electron chi connectivity index (χ3n) is 5.30. The van der Waals surface area contributed by atoms with Crippen LogP contribution >= 0.6 is 34.5 Å². The number of fused-ring (bicyclic) bond motifs is 1. The number of rotatable bonds is 8. The van der Waals surface area contributed by atoms with Crippen molar-refractivity contribution >= 4 is 56.9 Å². The second-order valence-electron chi connectivity index (χ2n) is 7.45. The van der Waals surface area contributed by atoms with Gasteiger partial charge < -0.3 is 19.7 Å². The van der Waals surface area contributed by atoms with Crippen molar-refractivity contribution in [2.24, 2.45) is 0 Å². The monoisotopic (exact) mass is 571 g/mol. The normalized spacial score (nSPS) is 15.1. The van der Waals surface area contributed by atoms with Crippen LogP contribution in [-0.4, -0.2) is 64.4 Å². The number of nitrogens with zero attached hydrogens (tertiary/aromatic N) is 4. The maximum atomic E-state index is 13.5. The van der Waals surface area contributed by atoms with Gasteiger partial charge in [0, 0.05) is 72.7 Å². The first-order chi connectivity index (χ1) is 15.5. The first-order valence-electron chi connectivity index (χ1n) is 10.3. The molecule has 0 unspecified atom stereocenters. The number of methoxy groups -OCH3 is 1. The molecule has 1 fully saturated rings. The number of halogens is 3. The van der Waals surface area contributed by atoms with Crippen LogP contribution in [0.4, 0.5) is 15.9 Å². The van der Waals surface area contributed by atoms with E-state index < -0.39 is 5.82 Å². The van der Waals surface area contributed by atoms with E-state index >= 15 is 0 Å². The van der Waals surface area contributed by atoms with Gasteiger partial charge in [0.2, 0.25) is 0 Å². The Morgan fingerprint density at radius 3 is 2.69 bits per heavy atom. The van der Waals surface area contributed by atoms with Crippen molar-refractivity contribution in [3.05, 3.63) is 47.5 Å². The minimum atomic E-state index is -0.471. The van der Waals surface area contributed by atoms with E-state index in [0.717, 1.165) is 44.5 Å². The van der Waals surface area contributed by atoms with E-state index in [-0.39, 0.29) is 5.02 Å². The molecule has 0 radical (unpaired) electrons. The molecule has 0 bridgehead atoms. The van der Waals surface area contributed by atoms with Crippen molar-refractivity contribution in [3.63, 3.8) is 0 Å². The summed E-state index contributed by atoms with van der Waals surface area (Å²) in [6.45, 7) is 5.94. The summed E-state index contributed by atoms with van der Waals surface area (Å²) >= 11 is 8.28. The fourth-order valence-electron chi connectivity index (χ4n) is 3.56. The van der Waals surface area contributed by atoms with Crippen LogP contribution < -0.4 is 14.8 Å². The molecule has 1 aliphatic rings. The number of hydrogen-bond donors (Lipinski definition) is 1. The molecule has 1 aliphatic heterocycles. The standard InChI is InChI=1S/C22H24ClFIN5O2/c1-31-20-13-19-16(12-21(20)32-10-2-5-29-6-8-30(25)9-7-29)22(27-14-26-19)28-15-3-4-18(24)17(23)11-15/h3-4,11-14H,2,5-10H2,1H3,(H,26,27,28). The zero-order valence-corrected chi connectivity index (χ0v) is 20.6. The van der Waals surface area contributed by atoms with E-state index in [0.29, 0.717) is 35.1 Å². The minimum absolute atomic E-state index is 0.0407. The maximum Gasteiger partial charge on any atom is 0.162 e. The number of piperazine rings is 1. The fourth-order valence-corrected chi connectivity index (χ4v) is 4.18. The molecule has 0 amide bonds. The molecule has 1 aromatic heterocycles. The van der Waals surface area contributed by atoms with Crippen molar-refractivity contribution in [1.82, 2.24) is 18.0 Å². The second-order valence-corrected chi connectivity index (χ2v) is 9.22. The van der Waals surface area contributed by atoms with E-state index in [9.17, 15) is 4.39 Å². The molecule has 2 heterocycles. The van der Waals surface area contributed by atoms with E-state index in [1.165, 1.54) is 18.5 Å². The average Bonchev–Trinajstić information content (AvgIpc) is 2.80. The predicted octanol–water partition coefficient (Wildman–Crippen LogP) is 4.91. The lowest BCUT2D eigenvalue weighted by Gasteiger charge is -2.30. The highest BCUT2D eigenvalue weighted by atomic mass is 127. The SMILES string of the molecule is COc1cc2ncnc(Nc3ccc(F)c(Cl)c3)c2cc1OCCCN1CCN(I)CC1. The summed E-state index contributed by atoms with van der Waals surface area (Å²) in [5, 5.41) is 3.99. The molecule has 0 spiro atoms. The number of ether oxygens (including phenoxy) is 2. The molecule has 3 aromatic rings. The van der Waals surface area contributed by atoms with Crippen LogP contribution in [0.5, 0.6) is 11.5 Å². The van der Waals surface area contributed by atoms with E-state index in [1.54, 1.807) is 13.2 Å². The topological polar surface area (TPSA) is 62.8 Å². The molecule has 0 saturated carbocycles. The van der Waals surface area contributed by atoms with Crippen molar-refractivity contribution < 1.29 is 13.9 Å². The van der Waals surface area contributed by atoms with Crippen LogP contribution in [-0.2, 0) is 0 Å². The highest BCUT2D eigenvalue weighted by Gasteiger charge is 2.15. The molecule has 32 heavy (non-hydrogen) atoms. The van der Waals surface area contributed by atoms with Gasteiger partial charge >= 0.3 is 0 Å². The van der Waals surface area contributed by atoms with Crippen molar-refractivity contribution in [1.29, 1.82) is 0 Å². The van der Waals surface area contributed by atoms with Gasteiger partial charge in [-0.25, -0.2) is 17.5 Å². The molecule has 0 atom stereocenters. The van der Waals surface area contributed by atoms with E-state index in [1.807, 2.05) is 12.1 Å². The molecule has 1 saturated heterocycles. The Hall–Kier alpha value is -1.95. The van der Waals surface area contributed by atoms with Crippen LogP contribution in [0.15, 0.2) is 36.7 Å². The molecule has 7 nitrogen and oxygen atoms in total. The molecular formula is C22H24ClFIN5O2. The summed E-state index contributed by atoms with van der Waals surface area (Å²) in [7, 11) is 1.61. The Labute approximate surface area is 205 Å². The van der Waals surface area contributed by atoms with Gasteiger partial charge in [0.15, 0.2) is 11.5 Å². The van der Waals surface area contributed by atoms with E-state index in [4.69, 9.17) is 21.1 Å². The van der Waals surface area contributed by atoms with Crippen molar-refractivity contribution in [3.8, 4) is 11.5 Å². The predicted molar refractivity (Wildman–Crippen MR) is 133 cm³/mol. The lowest BCUT2D eigenvalue weighted by atomic mass is 10.2. The van der Waals surface area contributed by atoms with Gasteiger partial charge in [-0.2, -0.15) is 0 Å². The van der Waals surface area contributed by atoms with Gasteiger partial charge in [-0.3, -0.25) is 0 Å². The zero-order valence-electron chi connectivity index (χ0n) is 17.7.